The molecule has 0 aliphatic rings. The Kier molecular flexibility index (Phi) is 6.90. The Morgan fingerprint density at radius 3 is 2.44 bits per heavy atom. The number of amides is 1. The average molecular weight is 498 g/mol. The van der Waals surface area contributed by atoms with Crippen LogP contribution in [-0.2, 0) is 14.8 Å². The van der Waals surface area contributed by atoms with E-state index < -0.39 is 15.8 Å². The summed E-state index contributed by atoms with van der Waals surface area (Å²) in [5.41, 5.74) is 2.60. The number of carbonyl (C=O) groups excluding carboxylic acids is 1. The molecule has 174 valence electrons. The zero-order chi connectivity index (χ0) is 24.1. The van der Waals surface area contributed by atoms with E-state index in [1.807, 2.05) is 30.5 Å². The van der Waals surface area contributed by atoms with Gasteiger partial charge in [0.15, 0.2) is 6.61 Å². The quantitative estimate of drug-likeness (QED) is 0.354. The zero-order valence-electron chi connectivity index (χ0n) is 18.0. The molecule has 0 aliphatic heterocycles. The van der Waals surface area contributed by atoms with Gasteiger partial charge in [-0.3, -0.25) is 9.52 Å². The maximum Gasteiger partial charge on any atom is 0.262 e. The van der Waals surface area contributed by atoms with E-state index in [2.05, 4.69) is 15.0 Å². The Hall–Kier alpha value is -3.76. The van der Waals surface area contributed by atoms with Crippen molar-refractivity contribution in [2.24, 2.45) is 0 Å². The van der Waals surface area contributed by atoms with E-state index in [1.54, 1.807) is 17.4 Å². The van der Waals surface area contributed by atoms with Crippen molar-refractivity contribution >= 4 is 38.6 Å². The van der Waals surface area contributed by atoms with Gasteiger partial charge in [-0.15, -0.1) is 11.3 Å². The summed E-state index contributed by atoms with van der Waals surface area (Å²) in [5, 5.41) is 5.69. The maximum absolute atomic E-state index is 13.0. The van der Waals surface area contributed by atoms with Crippen molar-refractivity contribution in [3.8, 4) is 17.0 Å². The standard InChI is InChI=1S/C24H20FN3O4S2/c1-16-26-23(15-33-16)17-3-2-4-20(13-17)27-24(29)14-32-21-9-11-22(12-10-21)34(30,31)28-19-7-5-18(25)6-8-19/h2-13,15,28H,14H2,1H3,(H,27,29). The smallest absolute Gasteiger partial charge is 0.262 e. The van der Waals surface area contributed by atoms with Gasteiger partial charge in [-0.05, 0) is 67.6 Å². The monoisotopic (exact) mass is 497 g/mol. The van der Waals surface area contributed by atoms with E-state index in [4.69, 9.17) is 4.74 Å². The number of sulfonamides is 1. The second-order valence-corrected chi connectivity index (χ2v) is 10.00. The molecule has 4 aromatic rings. The number of ether oxygens (including phenoxy) is 1. The van der Waals surface area contributed by atoms with Crippen molar-refractivity contribution in [2.75, 3.05) is 16.6 Å². The van der Waals surface area contributed by atoms with E-state index in [9.17, 15) is 17.6 Å². The predicted octanol–water partition coefficient (Wildman–Crippen LogP) is 5.08. The largest absolute Gasteiger partial charge is 0.484 e. The first-order chi connectivity index (χ1) is 16.3. The molecular weight excluding hydrogens is 477 g/mol. The summed E-state index contributed by atoms with van der Waals surface area (Å²) < 4.78 is 45.8. The first-order valence-electron chi connectivity index (χ1n) is 10.1. The molecule has 2 N–H and O–H groups in total. The highest BCUT2D eigenvalue weighted by Crippen LogP contribution is 2.24. The number of rotatable bonds is 8. The summed E-state index contributed by atoms with van der Waals surface area (Å²) in [7, 11) is -3.85. The topological polar surface area (TPSA) is 97.4 Å². The van der Waals surface area contributed by atoms with Crippen molar-refractivity contribution in [1.29, 1.82) is 0 Å². The van der Waals surface area contributed by atoms with Crippen LogP contribution in [0.4, 0.5) is 15.8 Å². The molecule has 0 unspecified atom stereocenters. The third kappa shape index (κ3) is 5.97. The Bertz CT molecular complexity index is 1400. The van der Waals surface area contributed by atoms with Gasteiger partial charge in [-0.1, -0.05) is 12.1 Å². The number of hydrogen-bond donors (Lipinski definition) is 2. The van der Waals surface area contributed by atoms with E-state index >= 15 is 0 Å². The second kappa shape index (κ2) is 10.0. The van der Waals surface area contributed by atoms with Crippen LogP contribution >= 0.6 is 11.3 Å². The molecule has 1 heterocycles. The number of halogens is 1. The SMILES string of the molecule is Cc1nc(-c2cccc(NC(=O)COc3ccc(S(=O)(=O)Nc4ccc(F)cc4)cc3)c2)cs1. The van der Waals surface area contributed by atoms with Gasteiger partial charge in [0.1, 0.15) is 11.6 Å². The molecule has 1 aromatic heterocycles. The highest BCUT2D eigenvalue weighted by Gasteiger charge is 2.15. The van der Waals surface area contributed by atoms with Crippen LogP contribution in [0.5, 0.6) is 5.75 Å². The van der Waals surface area contributed by atoms with Crippen LogP contribution in [0.1, 0.15) is 5.01 Å². The van der Waals surface area contributed by atoms with Crippen LogP contribution in [0.25, 0.3) is 11.3 Å². The molecule has 7 nitrogen and oxygen atoms in total. The van der Waals surface area contributed by atoms with Crippen LogP contribution in [0, 0.1) is 12.7 Å². The molecule has 3 aromatic carbocycles. The number of carbonyl (C=O) groups is 1. The van der Waals surface area contributed by atoms with Gasteiger partial charge in [0.05, 0.1) is 15.6 Å². The Labute approximate surface area is 200 Å². The minimum Gasteiger partial charge on any atom is -0.484 e. The summed E-state index contributed by atoms with van der Waals surface area (Å²) in [6.45, 7) is 1.68. The first kappa shape index (κ1) is 23.4. The zero-order valence-corrected chi connectivity index (χ0v) is 19.6. The number of anilines is 2. The summed E-state index contributed by atoms with van der Waals surface area (Å²) in [6, 6.07) is 18.0. The normalized spacial score (nSPS) is 11.1. The highest BCUT2D eigenvalue weighted by atomic mass is 32.2. The summed E-state index contributed by atoms with van der Waals surface area (Å²) in [4.78, 5) is 16.8. The van der Waals surface area contributed by atoms with Gasteiger partial charge in [0.2, 0.25) is 0 Å². The van der Waals surface area contributed by atoms with Crippen LogP contribution in [0.2, 0.25) is 0 Å². The van der Waals surface area contributed by atoms with Crippen molar-refractivity contribution in [3.63, 3.8) is 0 Å². The molecule has 1 amide bonds. The molecule has 0 saturated heterocycles. The van der Waals surface area contributed by atoms with Gasteiger partial charge in [-0.2, -0.15) is 0 Å². The lowest BCUT2D eigenvalue weighted by molar-refractivity contribution is -0.118. The number of nitrogens with one attached hydrogen (secondary N) is 2. The van der Waals surface area contributed by atoms with E-state index in [0.29, 0.717) is 11.4 Å². The van der Waals surface area contributed by atoms with Crippen LogP contribution in [-0.4, -0.2) is 25.9 Å². The first-order valence-corrected chi connectivity index (χ1v) is 12.5. The fourth-order valence-corrected chi connectivity index (χ4v) is 4.73. The lowest BCUT2D eigenvalue weighted by Crippen LogP contribution is -2.20. The number of benzene rings is 3. The van der Waals surface area contributed by atoms with Gasteiger partial charge in [0.25, 0.3) is 15.9 Å². The molecular formula is C24H20FN3O4S2. The number of hydrogen-bond acceptors (Lipinski definition) is 6. The Morgan fingerprint density at radius 2 is 1.76 bits per heavy atom. The Morgan fingerprint density at radius 1 is 1.03 bits per heavy atom. The number of nitrogens with zero attached hydrogens (tertiary/aromatic N) is 1. The minimum absolute atomic E-state index is 0.00252. The van der Waals surface area contributed by atoms with Crippen LogP contribution < -0.4 is 14.8 Å². The third-order valence-corrected chi connectivity index (χ3v) is 6.83. The van der Waals surface area contributed by atoms with Gasteiger partial charge in [-0.25, -0.2) is 17.8 Å². The number of thiazole rings is 1. The molecule has 0 saturated carbocycles. The molecule has 34 heavy (non-hydrogen) atoms. The Balaban J connectivity index is 1.33. The van der Waals surface area contributed by atoms with Gasteiger partial charge >= 0.3 is 0 Å². The summed E-state index contributed by atoms with van der Waals surface area (Å²) in [5.74, 6) is -0.486. The summed E-state index contributed by atoms with van der Waals surface area (Å²) in [6.07, 6.45) is 0. The lowest BCUT2D eigenvalue weighted by Gasteiger charge is -2.10. The molecule has 0 spiro atoms. The minimum atomic E-state index is -3.85. The second-order valence-electron chi connectivity index (χ2n) is 7.25. The molecule has 0 bridgehead atoms. The predicted molar refractivity (Wildman–Crippen MR) is 130 cm³/mol. The van der Waals surface area contributed by atoms with Crippen LogP contribution in [0.3, 0.4) is 0 Å². The molecule has 0 atom stereocenters. The third-order valence-electron chi connectivity index (χ3n) is 4.66. The van der Waals surface area contributed by atoms with Gasteiger partial charge in [0, 0.05) is 22.3 Å². The fourth-order valence-electron chi connectivity index (χ4n) is 3.05. The summed E-state index contributed by atoms with van der Waals surface area (Å²) >= 11 is 1.55. The molecule has 4 rings (SSSR count). The number of aryl methyl sites for hydroxylation is 1. The lowest BCUT2D eigenvalue weighted by atomic mass is 10.1. The van der Waals surface area contributed by atoms with E-state index in [-0.39, 0.29) is 23.1 Å². The van der Waals surface area contributed by atoms with Crippen LogP contribution in [0.15, 0.2) is 83.1 Å². The molecule has 10 heteroatoms. The molecule has 0 radical (unpaired) electrons. The molecule has 0 aliphatic carbocycles. The van der Waals surface area contributed by atoms with Crippen molar-refractivity contribution < 1.29 is 22.3 Å². The van der Waals surface area contributed by atoms with Gasteiger partial charge < -0.3 is 10.1 Å². The number of aromatic nitrogens is 1. The van der Waals surface area contributed by atoms with Crippen molar-refractivity contribution in [3.05, 3.63) is 89.0 Å². The molecule has 0 fully saturated rings. The fraction of sp³-hybridized carbons (Fsp3) is 0.0833. The average Bonchev–Trinajstić information content (AvgIpc) is 3.26. The van der Waals surface area contributed by atoms with Crippen molar-refractivity contribution in [2.45, 2.75) is 11.8 Å². The van der Waals surface area contributed by atoms with Crippen molar-refractivity contribution in [1.82, 2.24) is 4.98 Å². The van der Waals surface area contributed by atoms with E-state index in [0.717, 1.165) is 28.4 Å². The highest BCUT2D eigenvalue weighted by molar-refractivity contribution is 7.92. The van der Waals surface area contributed by atoms with E-state index in [1.165, 1.54) is 36.4 Å². The maximum atomic E-state index is 13.0.